The van der Waals surface area contributed by atoms with E-state index in [1.165, 1.54) is 12.1 Å². The zero-order chi connectivity index (χ0) is 24.0. The minimum absolute atomic E-state index is 0.0475. The Morgan fingerprint density at radius 3 is 2.18 bits per heavy atom. The quantitative estimate of drug-likeness (QED) is 0.429. The number of halogens is 1. The molecule has 2 amide bonds. The summed E-state index contributed by atoms with van der Waals surface area (Å²) in [6.45, 7) is 6.52. The van der Waals surface area contributed by atoms with Gasteiger partial charge in [-0.3, -0.25) is 9.59 Å². The lowest BCUT2D eigenvalue weighted by atomic mass is 10.1. The van der Waals surface area contributed by atoms with E-state index in [4.69, 9.17) is 4.74 Å². The number of aryl methyl sites for hydroxylation is 1. The Hall–Kier alpha value is -3.19. The Morgan fingerprint density at radius 1 is 0.970 bits per heavy atom. The number of hydrogen-bond donors (Lipinski definition) is 0. The van der Waals surface area contributed by atoms with Crippen LogP contribution in [-0.2, 0) is 17.9 Å². The maximum absolute atomic E-state index is 13.4. The maximum Gasteiger partial charge on any atom is 0.254 e. The number of rotatable bonds is 9. The van der Waals surface area contributed by atoms with Crippen LogP contribution in [0.25, 0.3) is 0 Å². The predicted octanol–water partition coefficient (Wildman–Crippen LogP) is 5.28. The molecule has 2 aromatic carbocycles. The van der Waals surface area contributed by atoms with Crippen molar-refractivity contribution < 1.29 is 18.7 Å². The van der Waals surface area contributed by atoms with Crippen molar-refractivity contribution in [3.05, 3.63) is 87.4 Å². The van der Waals surface area contributed by atoms with Gasteiger partial charge in [0.25, 0.3) is 5.91 Å². The zero-order valence-electron chi connectivity index (χ0n) is 19.4. The fourth-order valence-electron chi connectivity index (χ4n) is 3.43. The van der Waals surface area contributed by atoms with Crippen LogP contribution in [0.3, 0.4) is 0 Å². The lowest BCUT2D eigenvalue weighted by Crippen LogP contribution is -2.45. The fourth-order valence-corrected chi connectivity index (χ4v) is 4.34. The van der Waals surface area contributed by atoms with Crippen LogP contribution in [0.5, 0.6) is 5.75 Å². The van der Waals surface area contributed by atoms with Crippen LogP contribution < -0.4 is 4.74 Å². The van der Waals surface area contributed by atoms with Gasteiger partial charge in [0.15, 0.2) is 0 Å². The van der Waals surface area contributed by atoms with Crippen molar-refractivity contribution >= 4 is 23.2 Å². The van der Waals surface area contributed by atoms with Crippen molar-refractivity contribution in [2.75, 3.05) is 13.7 Å². The molecule has 33 heavy (non-hydrogen) atoms. The van der Waals surface area contributed by atoms with Crippen LogP contribution in [0, 0.1) is 12.7 Å². The van der Waals surface area contributed by atoms with Crippen LogP contribution >= 0.6 is 11.3 Å². The average molecular weight is 469 g/mol. The molecule has 3 rings (SSSR count). The van der Waals surface area contributed by atoms with Crippen molar-refractivity contribution in [2.24, 2.45) is 0 Å². The van der Waals surface area contributed by atoms with Crippen LogP contribution in [-0.4, -0.2) is 41.3 Å². The maximum atomic E-state index is 13.4. The summed E-state index contributed by atoms with van der Waals surface area (Å²) in [5.41, 5.74) is 1.33. The van der Waals surface area contributed by atoms with Gasteiger partial charge in [-0.05, 0) is 74.9 Å². The van der Waals surface area contributed by atoms with E-state index in [2.05, 4.69) is 0 Å². The van der Waals surface area contributed by atoms with E-state index in [0.717, 1.165) is 15.3 Å². The first-order valence-corrected chi connectivity index (χ1v) is 11.6. The molecule has 0 atom stereocenters. The van der Waals surface area contributed by atoms with Gasteiger partial charge in [0.1, 0.15) is 18.1 Å². The van der Waals surface area contributed by atoms with Crippen molar-refractivity contribution in [3.8, 4) is 5.75 Å². The van der Waals surface area contributed by atoms with Gasteiger partial charge in [0.2, 0.25) is 5.91 Å². The summed E-state index contributed by atoms with van der Waals surface area (Å²) in [6, 6.07) is 16.9. The van der Waals surface area contributed by atoms with E-state index in [0.29, 0.717) is 24.4 Å². The highest BCUT2D eigenvalue weighted by atomic mass is 32.1. The highest BCUT2D eigenvalue weighted by Gasteiger charge is 2.25. The highest BCUT2D eigenvalue weighted by Crippen LogP contribution is 2.20. The molecule has 7 heteroatoms. The third-order valence-corrected chi connectivity index (χ3v) is 6.29. The number of carbonyl (C=O) groups is 2. The Morgan fingerprint density at radius 2 is 1.64 bits per heavy atom. The molecule has 0 unspecified atom stereocenters. The Labute approximate surface area is 198 Å². The molecule has 0 aliphatic carbocycles. The number of hydrogen-bond acceptors (Lipinski definition) is 4. The van der Waals surface area contributed by atoms with Crippen molar-refractivity contribution in [2.45, 2.75) is 39.9 Å². The molecular formula is C26H29FN2O3S. The van der Waals surface area contributed by atoms with E-state index in [1.54, 1.807) is 64.6 Å². The standard InChI is InChI=1S/C26H29FN2O3S/c1-18(2)29(26(31)21-8-12-23(32-4)13-9-21)17-25(30)28(16-24-14-5-19(3)33-24)15-20-6-10-22(27)11-7-20/h5-14,18H,15-17H2,1-4H3. The second-order valence-electron chi connectivity index (χ2n) is 8.14. The Bertz CT molecular complexity index is 1080. The first-order valence-electron chi connectivity index (χ1n) is 10.8. The van der Waals surface area contributed by atoms with E-state index >= 15 is 0 Å². The van der Waals surface area contributed by atoms with E-state index in [1.807, 2.05) is 32.9 Å². The molecule has 0 N–H and O–H groups in total. The zero-order valence-corrected chi connectivity index (χ0v) is 20.2. The lowest BCUT2D eigenvalue weighted by Gasteiger charge is -2.30. The van der Waals surface area contributed by atoms with Gasteiger partial charge in [-0.25, -0.2) is 4.39 Å². The van der Waals surface area contributed by atoms with Crippen LogP contribution in [0.4, 0.5) is 4.39 Å². The number of amides is 2. The summed E-state index contributed by atoms with van der Waals surface area (Å²) in [6.07, 6.45) is 0. The van der Waals surface area contributed by atoms with Crippen LogP contribution in [0.15, 0.2) is 60.7 Å². The van der Waals surface area contributed by atoms with Gasteiger partial charge in [-0.1, -0.05) is 12.1 Å². The monoisotopic (exact) mass is 468 g/mol. The fraction of sp³-hybridized carbons (Fsp3) is 0.308. The Kier molecular flexibility index (Phi) is 8.22. The average Bonchev–Trinajstić information content (AvgIpc) is 3.22. The van der Waals surface area contributed by atoms with Gasteiger partial charge in [-0.15, -0.1) is 11.3 Å². The smallest absolute Gasteiger partial charge is 0.254 e. The van der Waals surface area contributed by atoms with Gasteiger partial charge in [0.05, 0.1) is 13.7 Å². The third-order valence-electron chi connectivity index (χ3n) is 5.31. The largest absolute Gasteiger partial charge is 0.497 e. The number of carbonyl (C=O) groups excluding carboxylic acids is 2. The first kappa shape index (κ1) is 24.5. The number of ether oxygens (including phenoxy) is 1. The second kappa shape index (κ2) is 11.1. The molecule has 5 nitrogen and oxygen atoms in total. The molecule has 0 saturated carbocycles. The molecule has 1 aromatic heterocycles. The van der Waals surface area contributed by atoms with Gasteiger partial charge in [0, 0.05) is 27.9 Å². The SMILES string of the molecule is COc1ccc(C(=O)N(CC(=O)N(Cc2ccc(F)cc2)Cc2ccc(C)s2)C(C)C)cc1. The molecule has 1 heterocycles. The topological polar surface area (TPSA) is 49.9 Å². The van der Waals surface area contributed by atoms with Gasteiger partial charge < -0.3 is 14.5 Å². The Balaban J connectivity index is 1.80. The van der Waals surface area contributed by atoms with Crippen LogP contribution in [0.2, 0.25) is 0 Å². The molecular weight excluding hydrogens is 439 g/mol. The minimum Gasteiger partial charge on any atom is -0.497 e. The summed E-state index contributed by atoms with van der Waals surface area (Å²) in [5.74, 6) is -0.0346. The highest BCUT2D eigenvalue weighted by molar-refractivity contribution is 7.11. The number of benzene rings is 2. The van der Waals surface area contributed by atoms with Gasteiger partial charge >= 0.3 is 0 Å². The molecule has 174 valence electrons. The van der Waals surface area contributed by atoms with Crippen molar-refractivity contribution in [1.29, 1.82) is 0 Å². The molecule has 0 aliphatic rings. The summed E-state index contributed by atoms with van der Waals surface area (Å²) in [7, 11) is 1.57. The third kappa shape index (κ3) is 6.65. The molecule has 0 radical (unpaired) electrons. The minimum atomic E-state index is -0.318. The van der Waals surface area contributed by atoms with Gasteiger partial charge in [-0.2, -0.15) is 0 Å². The molecule has 0 bridgehead atoms. The second-order valence-corrected chi connectivity index (χ2v) is 9.52. The van der Waals surface area contributed by atoms with Crippen LogP contribution in [0.1, 0.15) is 39.5 Å². The predicted molar refractivity (Wildman–Crippen MR) is 129 cm³/mol. The molecule has 0 saturated heterocycles. The van der Waals surface area contributed by atoms with E-state index in [-0.39, 0.29) is 30.2 Å². The molecule has 0 aliphatic heterocycles. The number of nitrogens with zero attached hydrogens (tertiary/aromatic N) is 2. The molecule has 0 fully saturated rings. The van der Waals surface area contributed by atoms with Crippen molar-refractivity contribution in [1.82, 2.24) is 9.80 Å². The number of thiophene rings is 1. The first-order chi connectivity index (χ1) is 15.8. The van der Waals surface area contributed by atoms with E-state index in [9.17, 15) is 14.0 Å². The normalized spacial score (nSPS) is 10.8. The van der Waals surface area contributed by atoms with Crippen molar-refractivity contribution in [3.63, 3.8) is 0 Å². The molecule has 0 spiro atoms. The van der Waals surface area contributed by atoms with E-state index < -0.39 is 0 Å². The number of methoxy groups -OCH3 is 1. The summed E-state index contributed by atoms with van der Waals surface area (Å²) in [4.78, 5) is 32.1. The summed E-state index contributed by atoms with van der Waals surface area (Å²) < 4.78 is 18.5. The lowest BCUT2D eigenvalue weighted by molar-refractivity contribution is -0.133. The summed E-state index contributed by atoms with van der Waals surface area (Å²) in [5, 5.41) is 0. The molecule has 3 aromatic rings. The summed E-state index contributed by atoms with van der Waals surface area (Å²) >= 11 is 1.63.